The molecule has 0 saturated carbocycles. The van der Waals surface area contributed by atoms with Crippen molar-refractivity contribution in [1.29, 1.82) is 0 Å². The van der Waals surface area contributed by atoms with Gasteiger partial charge in [0.25, 0.3) is 0 Å². The van der Waals surface area contributed by atoms with Gasteiger partial charge in [-0.15, -0.1) is 0 Å². The summed E-state index contributed by atoms with van der Waals surface area (Å²) in [7, 11) is 4.85. The van der Waals surface area contributed by atoms with Crippen LogP contribution in [0.3, 0.4) is 0 Å². The third-order valence-electron chi connectivity index (χ3n) is 4.48. The Morgan fingerprint density at radius 3 is 2.25 bits per heavy atom. The summed E-state index contributed by atoms with van der Waals surface area (Å²) in [5.74, 6) is 1.93. The standard InChI is InChI=1S/C23H32O5/c1-18(12-13-22-27-14-15-28-22)10-8-6-5-7-9-11-19-16-20(24-2)23(26-4)21(17-19)25-3/h6,8-11,16-17,22H,5,7,12-15H2,1-4H3/b8-6+,11-9-,18-10+. The largest absolute Gasteiger partial charge is 0.493 e. The number of benzene rings is 1. The Hall–Kier alpha value is -2.24. The number of hydrogen-bond acceptors (Lipinski definition) is 5. The summed E-state index contributed by atoms with van der Waals surface area (Å²) < 4.78 is 27.0. The van der Waals surface area contributed by atoms with E-state index >= 15 is 0 Å². The maximum atomic E-state index is 5.45. The summed E-state index contributed by atoms with van der Waals surface area (Å²) >= 11 is 0. The molecular weight excluding hydrogens is 356 g/mol. The van der Waals surface area contributed by atoms with Gasteiger partial charge < -0.3 is 23.7 Å². The molecule has 0 N–H and O–H groups in total. The topological polar surface area (TPSA) is 46.2 Å². The van der Waals surface area contributed by atoms with Crippen LogP contribution in [0.2, 0.25) is 0 Å². The number of ether oxygens (including phenoxy) is 5. The maximum absolute atomic E-state index is 5.45. The van der Waals surface area contributed by atoms with Crippen LogP contribution in [-0.4, -0.2) is 40.8 Å². The van der Waals surface area contributed by atoms with Crippen molar-refractivity contribution in [1.82, 2.24) is 0 Å². The third-order valence-corrected chi connectivity index (χ3v) is 4.48. The number of allylic oxidation sites excluding steroid dienone is 5. The second-order valence-electron chi connectivity index (χ2n) is 6.59. The van der Waals surface area contributed by atoms with Crippen LogP contribution in [0.4, 0.5) is 0 Å². The zero-order valence-electron chi connectivity index (χ0n) is 17.4. The van der Waals surface area contributed by atoms with Crippen LogP contribution in [0.5, 0.6) is 17.2 Å². The van der Waals surface area contributed by atoms with Gasteiger partial charge in [-0.05, 0) is 43.9 Å². The molecule has 1 fully saturated rings. The van der Waals surface area contributed by atoms with Crippen molar-refractivity contribution in [2.75, 3.05) is 34.5 Å². The van der Waals surface area contributed by atoms with Gasteiger partial charge >= 0.3 is 0 Å². The highest BCUT2D eigenvalue weighted by Gasteiger charge is 2.15. The lowest BCUT2D eigenvalue weighted by atomic mass is 10.1. The second kappa shape index (κ2) is 12.3. The molecule has 5 nitrogen and oxygen atoms in total. The first-order valence-electron chi connectivity index (χ1n) is 9.70. The molecule has 0 spiro atoms. The molecular formula is C23H32O5. The molecule has 1 aliphatic heterocycles. The van der Waals surface area contributed by atoms with E-state index in [-0.39, 0.29) is 6.29 Å². The molecule has 1 saturated heterocycles. The maximum Gasteiger partial charge on any atom is 0.203 e. The van der Waals surface area contributed by atoms with Gasteiger partial charge in [0.1, 0.15) is 0 Å². The minimum atomic E-state index is -0.0207. The molecule has 0 aliphatic carbocycles. The van der Waals surface area contributed by atoms with Gasteiger partial charge in [0, 0.05) is 6.42 Å². The third kappa shape index (κ3) is 7.06. The van der Waals surface area contributed by atoms with Gasteiger partial charge in [-0.3, -0.25) is 0 Å². The van der Waals surface area contributed by atoms with E-state index in [4.69, 9.17) is 23.7 Å². The lowest BCUT2D eigenvalue weighted by Gasteiger charge is -2.12. The Balaban J connectivity index is 1.77. The molecule has 1 aliphatic rings. The molecule has 0 atom stereocenters. The van der Waals surface area contributed by atoms with E-state index in [1.54, 1.807) is 21.3 Å². The van der Waals surface area contributed by atoms with Gasteiger partial charge in [0.15, 0.2) is 17.8 Å². The van der Waals surface area contributed by atoms with E-state index in [0.29, 0.717) is 17.2 Å². The van der Waals surface area contributed by atoms with E-state index < -0.39 is 0 Å². The fourth-order valence-electron chi connectivity index (χ4n) is 2.94. The smallest absolute Gasteiger partial charge is 0.203 e. The molecule has 1 aromatic carbocycles. The van der Waals surface area contributed by atoms with Crippen molar-refractivity contribution in [2.24, 2.45) is 0 Å². The summed E-state index contributed by atoms with van der Waals surface area (Å²) in [6.45, 7) is 3.58. The molecule has 0 radical (unpaired) electrons. The average molecular weight is 389 g/mol. The summed E-state index contributed by atoms with van der Waals surface area (Å²) in [5.41, 5.74) is 2.36. The fourth-order valence-corrected chi connectivity index (χ4v) is 2.94. The predicted molar refractivity (Wildman–Crippen MR) is 112 cm³/mol. The number of unbranched alkanes of at least 4 members (excludes halogenated alkanes) is 1. The quantitative estimate of drug-likeness (QED) is 0.387. The van der Waals surface area contributed by atoms with Crippen molar-refractivity contribution in [3.8, 4) is 17.2 Å². The number of rotatable bonds is 11. The number of hydrogen-bond donors (Lipinski definition) is 0. The molecule has 0 amide bonds. The highest BCUT2D eigenvalue weighted by atomic mass is 16.7. The van der Waals surface area contributed by atoms with Crippen LogP contribution < -0.4 is 14.2 Å². The zero-order chi connectivity index (χ0) is 20.2. The normalized spacial score (nSPS) is 15.6. The number of methoxy groups -OCH3 is 3. The average Bonchev–Trinajstić information content (AvgIpc) is 3.24. The van der Waals surface area contributed by atoms with Crippen molar-refractivity contribution >= 4 is 6.08 Å². The molecule has 154 valence electrons. The Bertz CT molecular complexity index is 659. The highest BCUT2D eigenvalue weighted by Crippen LogP contribution is 2.38. The van der Waals surface area contributed by atoms with Crippen LogP contribution >= 0.6 is 0 Å². The Labute approximate surface area is 168 Å². The molecule has 28 heavy (non-hydrogen) atoms. The molecule has 1 heterocycles. The Morgan fingerprint density at radius 1 is 1.00 bits per heavy atom. The first-order valence-corrected chi connectivity index (χ1v) is 9.70. The molecule has 0 aromatic heterocycles. The molecule has 2 rings (SSSR count). The van der Waals surface area contributed by atoms with Crippen LogP contribution in [0, 0.1) is 0 Å². The zero-order valence-corrected chi connectivity index (χ0v) is 17.4. The van der Waals surface area contributed by atoms with Crippen LogP contribution in [-0.2, 0) is 9.47 Å². The minimum absolute atomic E-state index is 0.0207. The SMILES string of the molecule is COc1cc(/C=C\CC/C=C/C=C(\C)CCC2OCCO2)cc(OC)c1OC. The van der Waals surface area contributed by atoms with E-state index in [1.165, 1.54) is 5.57 Å². The Kier molecular flexibility index (Phi) is 9.66. The lowest BCUT2D eigenvalue weighted by Crippen LogP contribution is -2.06. The molecule has 1 aromatic rings. The van der Waals surface area contributed by atoms with Gasteiger partial charge in [0.05, 0.1) is 34.5 Å². The monoisotopic (exact) mass is 388 g/mol. The lowest BCUT2D eigenvalue weighted by molar-refractivity contribution is -0.0461. The van der Waals surface area contributed by atoms with Crippen molar-refractivity contribution < 1.29 is 23.7 Å². The fraction of sp³-hybridized carbons (Fsp3) is 0.478. The first kappa shape index (κ1) is 22.1. The molecule has 0 unspecified atom stereocenters. The van der Waals surface area contributed by atoms with Crippen molar-refractivity contribution in [3.63, 3.8) is 0 Å². The van der Waals surface area contributed by atoms with E-state index in [2.05, 4.69) is 37.3 Å². The van der Waals surface area contributed by atoms with Crippen molar-refractivity contribution in [2.45, 2.75) is 38.9 Å². The van der Waals surface area contributed by atoms with Crippen molar-refractivity contribution in [3.05, 3.63) is 47.6 Å². The van der Waals surface area contributed by atoms with Crippen LogP contribution in [0.25, 0.3) is 6.08 Å². The summed E-state index contributed by atoms with van der Waals surface area (Å²) in [6, 6.07) is 3.88. The first-order chi connectivity index (χ1) is 13.7. The Morgan fingerprint density at radius 2 is 1.64 bits per heavy atom. The van der Waals surface area contributed by atoms with Gasteiger partial charge in [-0.25, -0.2) is 0 Å². The van der Waals surface area contributed by atoms with E-state index in [9.17, 15) is 0 Å². The van der Waals surface area contributed by atoms with Crippen LogP contribution in [0.1, 0.15) is 38.2 Å². The second-order valence-corrected chi connectivity index (χ2v) is 6.59. The van der Waals surface area contributed by atoms with E-state index in [0.717, 1.165) is 44.5 Å². The highest BCUT2D eigenvalue weighted by molar-refractivity contribution is 5.62. The van der Waals surface area contributed by atoms with E-state index in [1.807, 2.05) is 12.1 Å². The van der Waals surface area contributed by atoms with Gasteiger partial charge in [-0.1, -0.05) is 36.0 Å². The summed E-state index contributed by atoms with van der Waals surface area (Å²) in [4.78, 5) is 0. The summed E-state index contributed by atoms with van der Waals surface area (Å²) in [6.07, 6.45) is 14.5. The summed E-state index contributed by atoms with van der Waals surface area (Å²) in [5, 5.41) is 0. The van der Waals surface area contributed by atoms with Gasteiger partial charge in [-0.2, -0.15) is 0 Å². The minimum Gasteiger partial charge on any atom is -0.493 e. The molecule has 5 heteroatoms. The predicted octanol–water partition coefficient (Wildman–Crippen LogP) is 5.16. The van der Waals surface area contributed by atoms with Gasteiger partial charge in [0.2, 0.25) is 5.75 Å². The molecule has 0 bridgehead atoms. The van der Waals surface area contributed by atoms with Crippen LogP contribution in [0.15, 0.2) is 42.0 Å².